The summed E-state index contributed by atoms with van der Waals surface area (Å²) in [5.41, 5.74) is 0. The minimum atomic E-state index is -4.86. The third-order valence-corrected chi connectivity index (χ3v) is 1.39. The van der Waals surface area contributed by atoms with E-state index in [1.54, 1.807) is 0 Å². The second kappa shape index (κ2) is 5.09. The number of rotatable bonds is 4. The van der Waals surface area contributed by atoms with E-state index in [-0.39, 0.29) is 6.61 Å². The van der Waals surface area contributed by atoms with Crippen molar-refractivity contribution in [2.75, 3.05) is 6.61 Å². The Balaban J connectivity index is 3.49. The second-order valence-electron chi connectivity index (χ2n) is 3.17. The van der Waals surface area contributed by atoms with Crippen molar-refractivity contribution in [3.05, 3.63) is 0 Å². The Morgan fingerprint density at radius 1 is 1.38 bits per heavy atom. The number of alkyl halides is 3. The molecule has 5 heteroatoms. The Kier molecular flexibility index (Phi) is 4.80. The predicted octanol–water partition coefficient (Wildman–Crippen LogP) is 2.53. The Hall–Kier alpha value is -0.740. The van der Waals surface area contributed by atoms with Gasteiger partial charge in [-0.25, -0.2) is 4.79 Å². The van der Waals surface area contributed by atoms with Gasteiger partial charge in [-0.3, -0.25) is 0 Å². The standard InChI is InChI=1S/C8H13F3O2/c1-6(2)4-3-5-13-7(12)8(9,10)11/h6H,3-5H2,1-2H3. The molecule has 78 valence electrons. The summed E-state index contributed by atoms with van der Waals surface area (Å²) in [6.45, 7) is 3.74. The monoisotopic (exact) mass is 198 g/mol. The van der Waals surface area contributed by atoms with E-state index in [0.29, 0.717) is 12.3 Å². The van der Waals surface area contributed by atoms with Crippen LogP contribution in [-0.4, -0.2) is 18.8 Å². The quantitative estimate of drug-likeness (QED) is 0.512. The number of esters is 1. The number of carbonyl (C=O) groups is 1. The highest BCUT2D eigenvalue weighted by Gasteiger charge is 2.40. The van der Waals surface area contributed by atoms with E-state index in [0.717, 1.165) is 6.42 Å². The summed E-state index contributed by atoms with van der Waals surface area (Å²) in [7, 11) is 0. The lowest BCUT2D eigenvalue weighted by Crippen LogP contribution is -2.25. The van der Waals surface area contributed by atoms with Crippen LogP contribution in [0, 0.1) is 5.92 Å². The van der Waals surface area contributed by atoms with Gasteiger partial charge >= 0.3 is 12.1 Å². The molecular formula is C8H13F3O2. The minimum Gasteiger partial charge on any atom is -0.459 e. The van der Waals surface area contributed by atoms with E-state index in [2.05, 4.69) is 4.74 Å². The van der Waals surface area contributed by atoms with Gasteiger partial charge in [0.15, 0.2) is 0 Å². The molecule has 0 radical (unpaired) electrons. The van der Waals surface area contributed by atoms with Gasteiger partial charge in [0, 0.05) is 0 Å². The van der Waals surface area contributed by atoms with E-state index in [1.165, 1.54) is 0 Å². The van der Waals surface area contributed by atoms with Crippen molar-refractivity contribution in [2.45, 2.75) is 32.9 Å². The van der Waals surface area contributed by atoms with Gasteiger partial charge in [0.05, 0.1) is 6.61 Å². The molecule has 0 amide bonds. The fraction of sp³-hybridized carbons (Fsp3) is 0.875. The maximum Gasteiger partial charge on any atom is 0.490 e. The van der Waals surface area contributed by atoms with Crippen LogP contribution in [0.15, 0.2) is 0 Å². The lowest BCUT2D eigenvalue weighted by molar-refractivity contribution is -0.199. The molecule has 0 heterocycles. The Morgan fingerprint density at radius 2 is 1.92 bits per heavy atom. The van der Waals surface area contributed by atoms with E-state index >= 15 is 0 Å². The summed E-state index contributed by atoms with van der Waals surface area (Å²) in [5, 5.41) is 0. The van der Waals surface area contributed by atoms with Gasteiger partial charge in [0.1, 0.15) is 0 Å². The van der Waals surface area contributed by atoms with Crippen LogP contribution in [0.4, 0.5) is 13.2 Å². The van der Waals surface area contributed by atoms with Crippen LogP contribution in [0.2, 0.25) is 0 Å². The summed E-state index contributed by atoms with van der Waals surface area (Å²) in [5.74, 6) is -1.69. The normalized spacial score (nSPS) is 11.8. The first-order valence-electron chi connectivity index (χ1n) is 4.08. The van der Waals surface area contributed by atoms with Crippen molar-refractivity contribution in [1.29, 1.82) is 0 Å². The number of carbonyl (C=O) groups excluding carboxylic acids is 1. The lowest BCUT2D eigenvalue weighted by atomic mass is 10.1. The first kappa shape index (κ1) is 12.3. The largest absolute Gasteiger partial charge is 0.490 e. The smallest absolute Gasteiger partial charge is 0.459 e. The highest BCUT2D eigenvalue weighted by atomic mass is 19.4. The molecule has 0 fully saturated rings. The SMILES string of the molecule is CC(C)CCCOC(=O)C(F)(F)F. The zero-order valence-corrected chi connectivity index (χ0v) is 7.65. The summed E-state index contributed by atoms with van der Waals surface area (Å²) in [4.78, 5) is 10.2. The Bertz CT molecular complexity index is 163. The summed E-state index contributed by atoms with van der Waals surface area (Å²) >= 11 is 0. The zero-order chi connectivity index (χ0) is 10.5. The molecule has 2 nitrogen and oxygen atoms in total. The third-order valence-electron chi connectivity index (χ3n) is 1.39. The van der Waals surface area contributed by atoms with Crippen LogP contribution in [0.3, 0.4) is 0 Å². The van der Waals surface area contributed by atoms with Gasteiger partial charge in [0.25, 0.3) is 0 Å². The molecule has 0 saturated heterocycles. The van der Waals surface area contributed by atoms with Crippen LogP contribution in [0.25, 0.3) is 0 Å². The maximum atomic E-state index is 11.6. The van der Waals surface area contributed by atoms with Crippen LogP contribution in [-0.2, 0) is 9.53 Å². The first-order chi connectivity index (χ1) is 5.84. The molecule has 0 spiro atoms. The van der Waals surface area contributed by atoms with E-state index in [1.807, 2.05) is 13.8 Å². The average molecular weight is 198 g/mol. The van der Waals surface area contributed by atoms with Gasteiger partial charge in [-0.05, 0) is 18.8 Å². The van der Waals surface area contributed by atoms with Gasteiger partial charge in [-0.15, -0.1) is 0 Å². The number of hydrogen-bond donors (Lipinski definition) is 0. The summed E-state index contributed by atoms with van der Waals surface area (Å²) in [6.07, 6.45) is -3.64. The second-order valence-corrected chi connectivity index (χ2v) is 3.17. The van der Waals surface area contributed by atoms with Crippen LogP contribution >= 0.6 is 0 Å². The third kappa shape index (κ3) is 6.42. The van der Waals surface area contributed by atoms with Crippen molar-refractivity contribution in [1.82, 2.24) is 0 Å². The molecule has 13 heavy (non-hydrogen) atoms. The van der Waals surface area contributed by atoms with Crippen molar-refractivity contribution >= 4 is 5.97 Å². The lowest BCUT2D eigenvalue weighted by Gasteiger charge is -2.07. The molecule has 0 aromatic heterocycles. The first-order valence-corrected chi connectivity index (χ1v) is 4.08. The predicted molar refractivity (Wildman–Crippen MR) is 41.1 cm³/mol. The van der Waals surface area contributed by atoms with E-state index < -0.39 is 12.1 Å². The maximum absolute atomic E-state index is 11.6. The molecule has 0 aromatic carbocycles. The summed E-state index contributed by atoms with van der Waals surface area (Å²) in [6, 6.07) is 0. The fourth-order valence-electron chi connectivity index (χ4n) is 0.738. The molecule has 0 N–H and O–H groups in total. The van der Waals surface area contributed by atoms with Crippen LogP contribution in [0.5, 0.6) is 0 Å². The van der Waals surface area contributed by atoms with Crippen molar-refractivity contribution in [3.63, 3.8) is 0 Å². The Morgan fingerprint density at radius 3 is 2.31 bits per heavy atom. The van der Waals surface area contributed by atoms with Crippen molar-refractivity contribution in [3.8, 4) is 0 Å². The van der Waals surface area contributed by atoms with Gasteiger partial charge < -0.3 is 4.74 Å². The molecule has 0 bridgehead atoms. The van der Waals surface area contributed by atoms with Gasteiger partial charge in [-0.1, -0.05) is 13.8 Å². The molecule has 0 rings (SSSR count). The van der Waals surface area contributed by atoms with Gasteiger partial charge in [0.2, 0.25) is 0 Å². The average Bonchev–Trinajstić information content (AvgIpc) is 1.95. The zero-order valence-electron chi connectivity index (χ0n) is 7.65. The fourth-order valence-corrected chi connectivity index (χ4v) is 0.738. The molecule has 0 saturated carbocycles. The van der Waals surface area contributed by atoms with Crippen molar-refractivity contribution in [2.24, 2.45) is 5.92 Å². The van der Waals surface area contributed by atoms with E-state index in [9.17, 15) is 18.0 Å². The highest BCUT2D eigenvalue weighted by Crippen LogP contribution is 2.16. The molecule has 0 aromatic rings. The molecule has 0 unspecified atom stereocenters. The molecule has 0 aliphatic carbocycles. The van der Waals surface area contributed by atoms with Gasteiger partial charge in [-0.2, -0.15) is 13.2 Å². The molecule has 0 atom stereocenters. The number of halogens is 3. The van der Waals surface area contributed by atoms with Crippen LogP contribution in [0.1, 0.15) is 26.7 Å². The van der Waals surface area contributed by atoms with E-state index in [4.69, 9.17) is 0 Å². The molecule has 0 aliphatic heterocycles. The Labute approximate surface area is 75.1 Å². The minimum absolute atomic E-state index is 0.156. The van der Waals surface area contributed by atoms with Crippen molar-refractivity contribution < 1.29 is 22.7 Å². The molecular weight excluding hydrogens is 185 g/mol. The summed E-state index contributed by atoms with van der Waals surface area (Å²) < 4.78 is 38.7. The topological polar surface area (TPSA) is 26.3 Å². The number of ether oxygens (including phenoxy) is 1. The highest BCUT2D eigenvalue weighted by molar-refractivity contribution is 5.75. The molecule has 0 aliphatic rings. The van der Waals surface area contributed by atoms with Crippen LogP contribution < -0.4 is 0 Å². The number of hydrogen-bond acceptors (Lipinski definition) is 2.